The van der Waals surface area contributed by atoms with E-state index in [1.807, 2.05) is 44.2 Å². The molecule has 27 heavy (non-hydrogen) atoms. The van der Waals surface area contributed by atoms with Crippen LogP contribution in [-0.2, 0) is 9.59 Å². The van der Waals surface area contributed by atoms with Crippen molar-refractivity contribution in [3.8, 4) is 11.5 Å². The summed E-state index contributed by atoms with van der Waals surface area (Å²) in [5.74, 6) is -0.235. The lowest BCUT2D eigenvalue weighted by Gasteiger charge is -2.41. The van der Waals surface area contributed by atoms with E-state index in [1.165, 1.54) is 0 Å². The number of carbonyl (C=O) groups excluding carboxylic acids is 2. The Balaban J connectivity index is 1.67. The normalized spacial score (nSPS) is 23.6. The highest BCUT2D eigenvalue weighted by atomic mass is 16.5. The van der Waals surface area contributed by atoms with Gasteiger partial charge in [-0.3, -0.25) is 4.79 Å². The highest BCUT2D eigenvalue weighted by Gasteiger charge is 2.54. The second-order valence-electron chi connectivity index (χ2n) is 7.86. The number of para-hydroxylation sites is 1. The molecular formula is C22H24NO4-. The number of hydrogen-bond acceptors (Lipinski definition) is 4. The molecule has 0 spiro atoms. The molecule has 142 valence electrons. The summed E-state index contributed by atoms with van der Waals surface area (Å²) in [6.45, 7) is 5.33. The molecule has 1 saturated carbocycles. The monoisotopic (exact) mass is 366 g/mol. The fourth-order valence-corrected chi connectivity index (χ4v) is 3.78. The van der Waals surface area contributed by atoms with E-state index >= 15 is 0 Å². The molecule has 1 amide bonds. The van der Waals surface area contributed by atoms with Gasteiger partial charge in [0.15, 0.2) is 0 Å². The number of hydrogen-bond donors (Lipinski definition) is 1. The van der Waals surface area contributed by atoms with Crippen LogP contribution in [0.4, 0.5) is 5.69 Å². The lowest BCUT2D eigenvalue weighted by molar-refractivity contribution is -0.323. The van der Waals surface area contributed by atoms with Crippen LogP contribution in [0.3, 0.4) is 0 Å². The molecule has 0 saturated heterocycles. The number of carboxylic acids is 1. The third-order valence-corrected chi connectivity index (χ3v) is 6.09. The fraction of sp³-hybridized carbons (Fsp3) is 0.364. The Labute approximate surface area is 159 Å². The highest BCUT2D eigenvalue weighted by molar-refractivity contribution is 5.94. The number of carboxylic acid groups (broad SMARTS) is 1. The Morgan fingerprint density at radius 3 is 2.15 bits per heavy atom. The van der Waals surface area contributed by atoms with Crippen LogP contribution in [0.1, 0.15) is 33.6 Å². The molecule has 5 nitrogen and oxygen atoms in total. The third-order valence-electron chi connectivity index (χ3n) is 6.09. The van der Waals surface area contributed by atoms with Crippen LogP contribution < -0.4 is 15.2 Å². The summed E-state index contributed by atoms with van der Waals surface area (Å²) in [5, 5.41) is 14.5. The minimum Gasteiger partial charge on any atom is -0.550 e. The maximum absolute atomic E-state index is 12.8. The van der Waals surface area contributed by atoms with Crippen LogP contribution in [0.15, 0.2) is 54.6 Å². The second kappa shape index (κ2) is 7.06. The van der Waals surface area contributed by atoms with Crippen LogP contribution in [-0.4, -0.2) is 11.9 Å². The van der Waals surface area contributed by atoms with Crippen LogP contribution in [0.5, 0.6) is 11.5 Å². The van der Waals surface area contributed by atoms with Crippen molar-refractivity contribution < 1.29 is 19.4 Å². The SMILES string of the molecule is CC1(C)[C@H](C(=O)Nc2ccc(Oc3ccccc3)cc2)CC[C@]1(C)C(=O)[O-]. The van der Waals surface area contributed by atoms with Gasteiger partial charge in [0, 0.05) is 23.0 Å². The van der Waals surface area contributed by atoms with Gasteiger partial charge in [-0.15, -0.1) is 0 Å². The Morgan fingerprint density at radius 2 is 1.59 bits per heavy atom. The zero-order valence-corrected chi connectivity index (χ0v) is 15.8. The maximum Gasteiger partial charge on any atom is 0.228 e. The van der Waals surface area contributed by atoms with Gasteiger partial charge in [0.25, 0.3) is 0 Å². The molecule has 0 heterocycles. The van der Waals surface area contributed by atoms with Crippen molar-refractivity contribution in [2.75, 3.05) is 5.32 Å². The van der Waals surface area contributed by atoms with Gasteiger partial charge >= 0.3 is 0 Å². The van der Waals surface area contributed by atoms with Gasteiger partial charge in [0.1, 0.15) is 11.5 Å². The molecule has 2 aromatic rings. The Hall–Kier alpha value is -2.82. The largest absolute Gasteiger partial charge is 0.550 e. The minimum atomic E-state index is -1.09. The average Bonchev–Trinajstić information content (AvgIpc) is 2.88. The van der Waals surface area contributed by atoms with Crippen molar-refractivity contribution >= 4 is 17.6 Å². The molecule has 1 aliphatic rings. The van der Waals surface area contributed by atoms with E-state index in [1.54, 1.807) is 31.2 Å². The van der Waals surface area contributed by atoms with Gasteiger partial charge < -0.3 is 20.0 Å². The summed E-state index contributed by atoms with van der Waals surface area (Å²) in [6.07, 6.45) is 0.961. The van der Waals surface area contributed by atoms with Crippen molar-refractivity contribution in [2.45, 2.75) is 33.6 Å². The first-order valence-electron chi connectivity index (χ1n) is 9.09. The molecule has 1 fully saturated rings. The Bertz CT molecular complexity index is 829. The van der Waals surface area contributed by atoms with Gasteiger partial charge in [-0.25, -0.2) is 0 Å². The third kappa shape index (κ3) is 3.54. The molecule has 5 heteroatoms. The molecule has 2 aromatic carbocycles. The van der Waals surface area contributed by atoms with Gasteiger partial charge in [-0.2, -0.15) is 0 Å². The van der Waals surface area contributed by atoms with Gasteiger partial charge in [0.05, 0.1) is 0 Å². The number of benzene rings is 2. The summed E-state index contributed by atoms with van der Waals surface area (Å²) in [5.41, 5.74) is -1.05. The average molecular weight is 366 g/mol. The summed E-state index contributed by atoms with van der Waals surface area (Å²) in [4.78, 5) is 24.4. The zero-order chi connectivity index (χ0) is 19.7. The van der Waals surface area contributed by atoms with E-state index in [-0.39, 0.29) is 11.8 Å². The van der Waals surface area contributed by atoms with E-state index in [0.717, 1.165) is 5.75 Å². The molecule has 0 aromatic heterocycles. The molecule has 0 bridgehead atoms. The maximum atomic E-state index is 12.8. The first-order valence-corrected chi connectivity index (χ1v) is 9.09. The topological polar surface area (TPSA) is 78.5 Å². The Kier molecular flexibility index (Phi) is 4.96. The molecule has 1 N–H and O–H groups in total. The van der Waals surface area contributed by atoms with Crippen LogP contribution in [0, 0.1) is 16.7 Å². The summed E-state index contributed by atoms with van der Waals surface area (Å²) < 4.78 is 5.74. The molecule has 0 unspecified atom stereocenters. The lowest BCUT2D eigenvalue weighted by atomic mass is 9.65. The number of ether oxygens (including phenoxy) is 1. The van der Waals surface area contributed by atoms with Gasteiger partial charge in [-0.05, 0) is 54.7 Å². The molecule has 0 radical (unpaired) electrons. The highest BCUT2D eigenvalue weighted by Crippen LogP contribution is 2.55. The predicted octanol–water partition coefficient (Wildman–Crippen LogP) is 3.61. The van der Waals surface area contributed by atoms with Crippen molar-refractivity contribution in [1.82, 2.24) is 0 Å². The summed E-state index contributed by atoms with van der Waals surface area (Å²) >= 11 is 0. The first kappa shape index (κ1) is 19.0. The first-order chi connectivity index (χ1) is 12.7. The Morgan fingerprint density at radius 1 is 1.00 bits per heavy atom. The zero-order valence-electron chi connectivity index (χ0n) is 15.8. The summed E-state index contributed by atoms with van der Waals surface area (Å²) in [6, 6.07) is 16.6. The minimum absolute atomic E-state index is 0.165. The van der Waals surface area contributed by atoms with Crippen LogP contribution in [0.2, 0.25) is 0 Å². The number of nitrogens with one attached hydrogen (secondary N) is 1. The predicted molar refractivity (Wildman–Crippen MR) is 101 cm³/mol. The number of amides is 1. The standard InChI is InChI=1S/C22H25NO4/c1-21(2)18(13-14-22(21,3)20(25)26)19(24)23-15-9-11-17(12-10-15)27-16-7-5-4-6-8-16/h4-12,18H,13-14H2,1-3H3,(H,23,24)(H,25,26)/p-1/t18-,22+/m0/s1. The number of anilines is 1. The van der Waals surface area contributed by atoms with Crippen molar-refractivity contribution in [3.63, 3.8) is 0 Å². The smallest absolute Gasteiger partial charge is 0.228 e. The van der Waals surface area contributed by atoms with Gasteiger partial charge in [-0.1, -0.05) is 39.0 Å². The van der Waals surface area contributed by atoms with Crippen LogP contribution in [0.25, 0.3) is 0 Å². The van der Waals surface area contributed by atoms with Crippen molar-refractivity contribution in [1.29, 1.82) is 0 Å². The van der Waals surface area contributed by atoms with E-state index in [0.29, 0.717) is 24.3 Å². The fourth-order valence-electron chi connectivity index (χ4n) is 3.78. The van der Waals surface area contributed by atoms with E-state index < -0.39 is 16.8 Å². The van der Waals surface area contributed by atoms with E-state index in [2.05, 4.69) is 5.32 Å². The van der Waals surface area contributed by atoms with Crippen LogP contribution >= 0.6 is 0 Å². The number of carbonyl (C=O) groups is 2. The second-order valence-corrected chi connectivity index (χ2v) is 7.86. The number of aliphatic carboxylic acids is 1. The van der Waals surface area contributed by atoms with E-state index in [9.17, 15) is 14.7 Å². The van der Waals surface area contributed by atoms with Crippen molar-refractivity contribution in [3.05, 3.63) is 54.6 Å². The quantitative estimate of drug-likeness (QED) is 0.877. The lowest BCUT2D eigenvalue weighted by Crippen LogP contribution is -2.49. The molecule has 1 aliphatic carbocycles. The molecule has 2 atom stereocenters. The number of rotatable bonds is 5. The van der Waals surface area contributed by atoms with Crippen molar-refractivity contribution in [2.24, 2.45) is 16.7 Å². The van der Waals surface area contributed by atoms with Gasteiger partial charge in [0.2, 0.25) is 5.91 Å². The molecule has 3 rings (SSSR count). The van der Waals surface area contributed by atoms with E-state index in [4.69, 9.17) is 4.74 Å². The summed E-state index contributed by atoms with van der Waals surface area (Å²) in [7, 11) is 0. The molecule has 0 aliphatic heterocycles. The molecular weight excluding hydrogens is 342 g/mol.